The molecule has 0 radical (unpaired) electrons. The smallest absolute Gasteiger partial charge is 0.191 e. The molecule has 0 aliphatic carbocycles. The average molecular weight is 528 g/mol. The summed E-state index contributed by atoms with van der Waals surface area (Å²) in [6.07, 6.45) is 6.05. The third kappa shape index (κ3) is 7.64. The maximum Gasteiger partial charge on any atom is 0.191 e. The van der Waals surface area contributed by atoms with Crippen molar-refractivity contribution in [2.24, 2.45) is 4.99 Å². The van der Waals surface area contributed by atoms with E-state index in [4.69, 9.17) is 9.15 Å². The van der Waals surface area contributed by atoms with Crippen LogP contribution in [0.25, 0.3) is 10.9 Å². The lowest BCUT2D eigenvalue weighted by atomic mass is 10.1. The zero-order valence-corrected chi connectivity index (χ0v) is 19.6. The van der Waals surface area contributed by atoms with Crippen molar-refractivity contribution >= 4 is 40.8 Å². The van der Waals surface area contributed by atoms with Crippen molar-refractivity contribution in [3.05, 3.63) is 59.9 Å². The van der Waals surface area contributed by atoms with Gasteiger partial charge in [0.15, 0.2) is 5.96 Å². The van der Waals surface area contributed by atoms with Crippen molar-refractivity contribution in [2.45, 2.75) is 26.2 Å². The molecule has 0 saturated heterocycles. The summed E-state index contributed by atoms with van der Waals surface area (Å²) in [5.41, 5.74) is 2.03. The molecule has 3 N–H and O–H groups in total. The third-order valence-corrected chi connectivity index (χ3v) is 4.58. The molecule has 0 amide bonds. The molecule has 2 heterocycles. The molecule has 0 aliphatic rings. The number of aromatic amines is 1. The van der Waals surface area contributed by atoms with Crippen LogP contribution in [-0.2, 0) is 17.6 Å². The largest absolute Gasteiger partial charge is 0.469 e. The zero-order valence-electron chi connectivity index (χ0n) is 17.2. The van der Waals surface area contributed by atoms with Crippen LogP contribution in [0.3, 0.4) is 0 Å². The van der Waals surface area contributed by atoms with Crippen LogP contribution in [-0.4, -0.2) is 43.8 Å². The second-order valence-electron chi connectivity index (χ2n) is 6.72. The highest BCUT2D eigenvalue weighted by atomic mass is 127. The monoisotopic (exact) mass is 528 g/mol. The van der Waals surface area contributed by atoms with E-state index in [0.717, 1.165) is 60.6 Å². The number of aromatic nitrogens is 1. The predicted molar refractivity (Wildman–Crippen MR) is 129 cm³/mol. The molecular formula is C22H30FIN4O2. The zero-order chi connectivity index (χ0) is 20.3. The van der Waals surface area contributed by atoms with E-state index >= 15 is 0 Å². The van der Waals surface area contributed by atoms with Gasteiger partial charge in [0.05, 0.1) is 6.26 Å². The van der Waals surface area contributed by atoms with Gasteiger partial charge in [-0.15, -0.1) is 24.0 Å². The highest BCUT2D eigenvalue weighted by Gasteiger charge is 2.06. The Hall–Kier alpha value is -2.07. The van der Waals surface area contributed by atoms with Crippen molar-refractivity contribution in [1.82, 2.24) is 15.6 Å². The molecule has 0 fully saturated rings. The van der Waals surface area contributed by atoms with E-state index in [1.807, 2.05) is 25.3 Å². The number of H-pyrrole nitrogens is 1. The lowest BCUT2D eigenvalue weighted by Crippen LogP contribution is -2.39. The number of rotatable bonds is 11. The Labute approximate surface area is 193 Å². The minimum Gasteiger partial charge on any atom is -0.469 e. The van der Waals surface area contributed by atoms with Crippen LogP contribution in [0.15, 0.2) is 52.2 Å². The molecule has 0 unspecified atom stereocenters. The Kier molecular flexibility index (Phi) is 10.7. The second-order valence-corrected chi connectivity index (χ2v) is 6.72. The van der Waals surface area contributed by atoms with Gasteiger partial charge in [-0.1, -0.05) is 0 Å². The highest BCUT2D eigenvalue weighted by molar-refractivity contribution is 14.0. The van der Waals surface area contributed by atoms with Crippen LogP contribution in [0, 0.1) is 5.82 Å². The summed E-state index contributed by atoms with van der Waals surface area (Å²) >= 11 is 0. The molecule has 6 nitrogen and oxygen atoms in total. The van der Waals surface area contributed by atoms with Crippen LogP contribution in [0.4, 0.5) is 4.39 Å². The van der Waals surface area contributed by atoms with Crippen molar-refractivity contribution in [1.29, 1.82) is 0 Å². The van der Waals surface area contributed by atoms with Gasteiger partial charge in [-0.25, -0.2) is 4.39 Å². The van der Waals surface area contributed by atoms with Crippen LogP contribution in [0.1, 0.15) is 24.7 Å². The first-order valence-corrected chi connectivity index (χ1v) is 10.1. The molecule has 2 aromatic heterocycles. The first kappa shape index (κ1) is 24.2. The molecule has 3 aromatic rings. The first-order valence-electron chi connectivity index (χ1n) is 10.1. The SMILES string of the molecule is CCOCCCN=C(NCCc1ccco1)NCCc1c[nH]c2ccc(F)cc12.I. The van der Waals surface area contributed by atoms with Crippen LogP contribution < -0.4 is 10.6 Å². The summed E-state index contributed by atoms with van der Waals surface area (Å²) in [4.78, 5) is 7.82. The number of ether oxygens (including phenoxy) is 1. The van der Waals surface area contributed by atoms with E-state index in [1.54, 1.807) is 18.4 Å². The average Bonchev–Trinajstić information content (AvgIpc) is 3.37. The van der Waals surface area contributed by atoms with Crippen molar-refractivity contribution in [3.8, 4) is 0 Å². The summed E-state index contributed by atoms with van der Waals surface area (Å²) in [6.45, 7) is 5.53. The number of benzene rings is 1. The van der Waals surface area contributed by atoms with Crippen molar-refractivity contribution in [3.63, 3.8) is 0 Å². The fraction of sp³-hybridized carbons (Fsp3) is 0.409. The van der Waals surface area contributed by atoms with Gasteiger partial charge in [0.25, 0.3) is 0 Å². The van der Waals surface area contributed by atoms with E-state index in [0.29, 0.717) is 19.7 Å². The fourth-order valence-corrected chi connectivity index (χ4v) is 3.11. The Morgan fingerprint density at radius 3 is 2.80 bits per heavy atom. The van der Waals surface area contributed by atoms with E-state index in [2.05, 4.69) is 20.6 Å². The summed E-state index contributed by atoms with van der Waals surface area (Å²) in [6, 6.07) is 8.66. The number of fused-ring (bicyclic) bond motifs is 1. The highest BCUT2D eigenvalue weighted by Crippen LogP contribution is 2.19. The molecule has 8 heteroatoms. The number of halogens is 2. The lowest BCUT2D eigenvalue weighted by Gasteiger charge is -2.12. The molecule has 0 atom stereocenters. The van der Waals surface area contributed by atoms with Gasteiger partial charge in [-0.2, -0.15) is 0 Å². The van der Waals surface area contributed by atoms with Gasteiger partial charge in [0.2, 0.25) is 0 Å². The molecule has 0 spiro atoms. The molecule has 30 heavy (non-hydrogen) atoms. The molecule has 164 valence electrons. The maximum atomic E-state index is 13.6. The van der Waals surface area contributed by atoms with E-state index < -0.39 is 0 Å². The number of aliphatic imine (C=N–C) groups is 1. The summed E-state index contributed by atoms with van der Waals surface area (Å²) < 4.78 is 24.3. The van der Waals surface area contributed by atoms with Gasteiger partial charge >= 0.3 is 0 Å². The maximum absolute atomic E-state index is 13.6. The quantitative estimate of drug-likeness (QED) is 0.151. The molecular weight excluding hydrogens is 498 g/mol. The molecule has 3 rings (SSSR count). The van der Waals surface area contributed by atoms with E-state index in [1.165, 1.54) is 6.07 Å². The van der Waals surface area contributed by atoms with E-state index in [-0.39, 0.29) is 29.8 Å². The minimum absolute atomic E-state index is 0. The number of nitrogens with zero attached hydrogens (tertiary/aromatic N) is 1. The molecule has 0 saturated carbocycles. The van der Waals surface area contributed by atoms with Gasteiger partial charge in [0, 0.05) is 56.4 Å². The van der Waals surface area contributed by atoms with Gasteiger partial charge < -0.3 is 24.8 Å². The fourth-order valence-electron chi connectivity index (χ4n) is 3.11. The van der Waals surface area contributed by atoms with Gasteiger partial charge in [0.1, 0.15) is 11.6 Å². The van der Waals surface area contributed by atoms with Gasteiger partial charge in [-0.3, -0.25) is 4.99 Å². The number of hydrogen-bond donors (Lipinski definition) is 3. The minimum atomic E-state index is -0.220. The standard InChI is InChI=1S/C22H29FN4O2.HI/c1-2-28-13-4-10-24-22(26-12-9-19-5-3-14-29-19)25-11-8-17-16-27-21-7-6-18(23)15-20(17)21;/h3,5-7,14-16,27H,2,4,8-13H2,1H3,(H2,24,25,26);1H. The van der Waals surface area contributed by atoms with Crippen molar-refractivity contribution < 1.29 is 13.5 Å². The number of furan rings is 1. The number of nitrogens with one attached hydrogen (secondary N) is 3. The van der Waals surface area contributed by atoms with Crippen LogP contribution >= 0.6 is 24.0 Å². The summed E-state index contributed by atoms with van der Waals surface area (Å²) in [7, 11) is 0. The Morgan fingerprint density at radius 1 is 1.20 bits per heavy atom. The van der Waals surface area contributed by atoms with Crippen molar-refractivity contribution in [2.75, 3.05) is 32.8 Å². The van der Waals surface area contributed by atoms with E-state index in [9.17, 15) is 4.39 Å². The topological polar surface area (TPSA) is 74.6 Å². The third-order valence-electron chi connectivity index (χ3n) is 4.58. The second kappa shape index (κ2) is 13.3. The Bertz CT molecular complexity index is 896. The normalized spacial score (nSPS) is 11.5. The Morgan fingerprint density at radius 2 is 2.03 bits per heavy atom. The van der Waals surface area contributed by atoms with Gasteiger partial charge in [-0.05, 0) is 55.7 Å². The first-order chi connectivity index (χ1) is 14.3. The summed E-state index contributed by atoms with van der Waals surface area (Å²) in [5.74, 6) is 1.48. The number of hydrogen-bond acceptors (Lipinski definition) is 3. The molecule has 1 aromatic carbocycles. The van der Waals surface area contributed by atoms with Crippen LogP contribution in [0.2, 0.25) is 0 Å². The lowest BCUT2D eigenvalue weighted by molar-refractivity contribution is 0.146. The number of guanidine groups is 1. The molecule has 0 bridgehead atoms. The Balaban J connectivity index is 0.00000320. The summed E-state index contributed by atoms with van der Waals surface area (Å²) in [5, 5.41) is 7.64. The molecule has 0 aliphatic heterocycles. The van der Waals surface area contributed by atoms with Crippen LogP contribution in [0.5, 0.6) is 0 Å². The predicted octanol–water partition coefficient (Wildman–Crippen LogP) is 4.27.